The minimum Gasteiger partial charge on any atom is -0.494 e. The van der Waals surface area contributed by atoms with E-state index >= 15 is 0 Å². The largest absolute Gasteiger partial charge is 0.494 e. The lowest BCUT2D eigenvalue weighted by Crippen LogP contribution is -2.37. The van der Waals surface area contributed by atoms with Crippen LogP contribution < -0.4 is 15.4 Å². The van der Waals surface area contributed by atoms with E-state index in [0.717, 1.165) is 12.8 Å². The van der Waals surface area contributed by atoms with Gasteiger partial charge in [0.25, 0.3) is 11.8 Å². The summed E-state index contributed by atoms with van der Waals surface area (Å²) in [4.78, 5) is 36.9. The Hall–Kier alpha value is -3.32. The molecule has 2 amide bonds. The Morgan fingerprint density at radius 3 is 2.31 bits per heavy atom. The number of carbonyl (C=O) groups excluding carboxylic acids is 3. The second-order valence-corrected chi connectivity index (χ2v) is 7.21. The van der Waals surface area contributed by atoms with Crippen LogP contribution in [-0.2, 0) is 14.3 Å². The number of unbranched alkanes of at least 4 members (excludes halogenated alkanes) is 1. The van der Waals surface area contributed by atoms with Gasteiger partial charge in [0, 0.05) is 10.6 Å². The zero-order valence-electron chi connectivity index (χ0n) is 18.2. The Labute approximate surface area is 192 Å². The fourth-order valence-electron chi connectivity index (χ4n) is 2.58. The molecule has 2 N–H and O–H groups in total. The van der Waals surface area contributed by atoms with Gasteiger partial charge in [0.1, 0.15) is 18.0 Å². The molecule has 0 bridgehead atoms. The molecule has 0 aliphatic rings. The van der Waals surface area contributed by atoms with Crippen molar-refractivity contribution in [2.75, 3.05) is 19.8 Å². The summed E-state index contributed by atoms with van der Waals surface area (Å²) >= 11 is 5.91. The molecule has 7 nitrogen and oxygen atoms in total. The average Bonchev–Trinajstić information content (AvgIpc) is 2.79. The van der Waals surface area contributed by atoms with Crippen LogP contribution in [0.1, 0.15) is 42.6 Å². The van der Waals surface area contributed by atoms with Crippen LogP contribution in [0.15, 0.2) is 54.2 Å². The van der Waals surface area contributed by atoms with E-state index in [1.807, 2.05) is 0 Å². The van der Waals surface area contributed by atoms with Gasteiger partial charge < -0.3 is 20.1 Å². The van der Waals surface area contributed by atoms with Crippen molar-refractivity contribution in [2.24, 2.45) is 0 Å². The predicted molar refractivity (Wildman–Crippen MR) is 123 cm³/mol. The summed E-state index contributed by atoms with van der Waals surface area (Å²) in [6.07, 6.45) is 3.47. The van der Waals surface area contributed by atoms with Gasteiger partial charge in [-0.15, -0.1) is 0 Å². The molecule has 0 spiro atoms. The van der Waals surface area contributed by atoms with Gasteiger partial charge in [-0.25, -0.2) is 0 Å². The highest BCUT2D eigenvalue weighted by molar-refractivity contribution is 6.30. The molecule has 0 aliphatic heterocycles. The molecule has 0 aliphatic carbocycles. The molecule has 0 unspecified atom stereocenters. The molecule has 0 saturated carbocycles. The van der Waals surface area contributed by atoms with Crippen molar-refractivity contribution in [1.82, 2.24) is 10.6 Å². The van der Waals surface area contributed by atoms with E-state index in [1.165, 1.54) is 6.08 Å². The summed E-state index contributed by atoms with van der Waals surface area (Å²) in [7, 11) is 0. The van der Waals surface area contributed by atoms with Gasteiger partial charge in [-0.2, -0.15) is 0 Å². The van der Waals surface area contributed by atoms with Crippen LogP contribution in [0, 0.1) is 0 Å². The van der Waals surface area contributed by atoms with Crippen LogP contribution >= 0.6 is 11.6 Å². The fraction of sp³-hybridized carbons (Fsp3) is 0.292. The maximum absolute atomic E-state index is 12.7. The zero-order chi connectivity index (χ0) is 23.3. The number of nitrogens with one attached hydrogen (secondary N) is 2. The predicted octanol–water partition coefficient (Wildman–Crippen LogP) is 3.97. The third kappa shape index (κ3) is 8.43. The molecule has 0 fully saturated rings. The maximum Gasteiger partial charge on any atom is 0.325 e. The van der Waals surface area contributed by atoms with Crippen LogP contribution in [0.4, 0.5) is 0 Å². The van der Waals surface area contributed by atoms with Crippen LogP contribution in [0.25, 0.3) is 6.08 Å². The Kier molecular flexibility index (Phi) is 10.3. The molecular formula is C24H27ClN2O5. The van der Waals surface area contributed by atoms with Crippen LogP contribution in [-0.4, -0.2) is 37.5 Å². The first-order valence-corrected chi connectivity index (χ1v) is 10.8. The number of benzene rings is 2. The number of halogens is 1. The third-order valence-electron chi connectivity index (χ3n) is 4.26. The molecule has 2 rings (SSSR count). The summed E-state index contributed by atoms with van der Waals surface area (Å²) in [6, 6.07) is 13.4. The molecule has 32 heavy (non-hydrogen) atoms. The highest BCUT2D eigenvalue weighted by Crippen LogP contribution is 2.15. The van der Waals surface area contributed by atoms with Gasteiger partial charge >= 0.3 is 5.97 Å². The van der Waals surface area contributed by atoms with Crippen LogP contribution in [0.2, 0.25) is 5.02 Å². The molecule has 2 aromatic rings. The molecule has 2 aromatic carbocycles. The summed E-state index contributed by atoms with van der Waals surface area (Å²) in [5.74, 6) is -1.01. The number of amides is 2. The molecule has 0 heterocycles. The second-order valence-electron chi connectivity index (χ2n) is 6.78. The quantitative estimate of drug-likeness (QED) is 0.302. The first kappa shape index (κ1) is 24.9. The summed E-state index contributed by atoms with van der Waals surface area (Å²) < 4.78 is 10.4. The van der Waals surface area contributed by atoms with Gasteiger partial charge in [0.2, 0.25) is 0 Å². The van der Waals surface area contributed by atoms with Gasteiger partial charge in [-0.3, -0.25) is 14.4 Å². The lowest BCUT2D eigenvalue weighted by Gasteiger charge is -2.12. The summed E-state index contributed by atoms with van der Waals surface area (Å²) in [5, 5.41) is 5.60. The highest BCUT2D eigenvalue weighted by Gasteiger charge is 2.16. The fourth-order valence-corrected chi connectivity index (χ4v) is 2.70. The first-order chi connectivity index (χ1) is 15.4. The lowest BCUT2D eigenvalue weighted by atomic mass is 10.1. The summed E-state index contributed by atoms with van der Waals surface area (Å²) in [5.41, 5.74) is 0.980. The SMILES string of the molecule is CCCCOc1ccc(C(=O)NC(=Cc2ccc(Cl)cc2)C(=O)NCC(=O)OCC)cc1. The Morgan fingerprint density at radius 1 is 1.00 bits per heavy atom. The van der Waals surface area contributed by atoms with E-state index in [9.17, 15) is 14.4 Å². The van der Waals surface area contributed by atoms with E-state index in [0.29, 0.717) is 28.5 Å². The molecule has 0 saturated heterocycles. The zero-order valence-corrected chi connectivity index (χ0v) is 18.9. The topological polar surface area (TPSA) is 93.7 Å². The lowest BCUT2D eigenvalue weighted by molar-refractivity contribution is -0.143. The van der Waals surface area contributed by atoms with E-state index in [2.05, 4.69) is 17.6 Å². The minimum atomic E-state index is -0.624. The molecule has 0 radical (unpaired) electrons. The average molecular weight is 459 g/mol. The Bertz CT molecular complexity index is 940. The molecule has 0 atom stereocenters. The standard InChI is InChI=1S/C24H27ClN2O5/c1-3-5-14-32-20-12-8-18(9-13-20)23(29)27-21(15-17-6-10-19(25)11-7-17)24(30)26-16-22(28)31-4-2/h6-13,15H,3-5,14,16H2,1-2H3,(H,26,30)(H,27,29). The van der Waals surface area contributed by atoms with Crippen molar-refractivity contribution < 1.29 is 23.9 Å². The van der Waals surface area contributed by atoms with E-state index in [-0.39, 0.29) is 18.8 Å². The number of esters is 1. The number of ether oxygens (including phenoxy) is 2. The Morgan fingerprint density at radius 2 is 1.69 bits per heavy atom. The first-order valence-electron chi connectivity index (χ1n) is 10.4. The minimum absolute atomic E-state index is 0.0232. The van der Waals surface area contributed by atoms with Gasteiger partial charge in [-0.05, 0) is 61.4 Å². The van der Waals surface area contributed by atoms with E-state index < -0.39 is 17.8 Å². The molecule has 170 valence electrons. The third-order valence-corrected chi connectivity index (χ3v) is 4.51. The number of hydrogen-bond acceptors (Lipinski definition) is 5. The van der Waals surface area contributed by atoms with Crippen LogP contribution in [0.5, 0.6) is 5.75 Å². The van der Waals surface area contributed by atoms with Gasteiger partial charge in [0.15, 0.2) is 0 Å². The normalized spacial score (nSPS) is 10.9. The molecule has 8 heteroatoms. The van der Waals surface area contributed by atoms with Crippen molar-refractivity contribution in [3.8, 4) is 5.75 Å². The van der Waals surface area contributed by atoms with Crippen molar-refractivity contribution in [1.29, 1.82) is 0 Å². The maximum atomic E-state index is 12.7. The number of hydrogen-bond donors (Lipinski definition) is 2. The monoisotopic (exact) mass is 458 g/mol. The van der Waals surface area contributed by atoms with Crippen molar-refractivity contribution in [3.63, 3.8) is 0 Å². The van der Waals surface area contributed by atoms with Gasteiger partial charge in [0.05, 0.1) is 13.2 Å². The van der Waals surface area contributed by atoms with E-state index in [4.69, 9.17) is 21.1 Å². The molecule has 0 aromatic heterocycles. The highest BCUT2D eigenvalue weighted by atomic mass is 35.5. The van der Waals surface area contributed by atoms with Crippen molar-refractivity contribution >= 4 is 35.5 Å². The van der Waals surface area contributed by atoms with E-state index in [1.54, 1.807) is 55.5 Å². The summed E-state index contributed by atoms with van der Waals surface area (Å²) in [6.45, 7) is 4.25. The van der Waals surface area contributed by atoms with Crippen LogP contribution in [0.3, 0.4) is 0 Å². The Balaban J connectivity index is 2.14. The second kappa shape index (κ2) is 13.2. The molecular weight excluding hydrogens is 432 g/mol. The van der Waals surface area contributed by atoms with Gasteiger partial charge in [-0.1, -0.05) is 37.1 Å². The number of carbonyl (C=O) groups is 3. The number of rotatable bonds is 11. The van der Waals surface area contributed by atoms with Crippen molar-refractivity contribution in [2.45, 2.75) is 26.7 Å². The van der Waals surface area contributed by atoms with Crippen molar-refractivity contribution in [3.05, 3.63) is 70.4 Å². The smallest absolute Gasteiger partial charge is 0.325 e.